The van der Waals surface area contributed by atoms with E-state index in [-0.39, 0.29) is 5.91 Å². The van der Waals surface area contributed by atoms with Gasteiger partial charge in [-0.1, -0.05) is 90.0 Å². The van der Waals surface area contributed by atoms with E-state index < -0.39 is 0 Å². The van der Waals surface area contributed by atoms with E-state index >= 15 is 0 Å². The summed E-state index contributed by atoms with van der Waals surface area (Å²) in [6.45, 7) is 8.61. The highest BCUT2D eigenvalue weighted by Crippen LogP contribution is 2.45. The number of fused-ring (bicyclic) bond motifs is 2. The number of carbonyl (C=O) groups is 1. The minimum atomic E-state index is 0.0119. The number of aromatic nitrogens is 1. The molecule has 2 aliphatic carbocycles. The fraction of sp³-hybridized carbons (Fsp3) is 0.220. The highest BCUT2D eigenvalue weighted by atomic mass is 35.5. The van der Waals surface area contributed by atoms with Gasteiger partial charge in [-0.15, -0.1) is 0 Å². The second-order valence-corrected chi connectivity index (χ2v) is 13.0. The first-order valence-electron chi connectivity index (χ1n) is 16.4. The van der Waals surface area contributed by atoms with Gasteiger partial charge in [0.15, 0.2) is 5.75 Å². The van der Waals surface area contributed by atoms with Crippen molar-refractivity contribution in [2.45, 2.75) is 20.5 Å². The molecule has 7 heteroatoms. The molecule has 0 radical (unpaired) electrons. The third-order valence-corrected chi connectivity index (χ3v) is 9.46. The van der Waals surface area contributed by atoms with Crippen LogP contribution >= 0.6 is 11.6 Å². The molecule has 7 rings (SSSR count). The van der Waals surface area contributed by atoms with Crippen molar-refractivity contribution in [1.29, 1.82) is 0 Å². The van der Waals surface area contributed by atoms with E-state index in [1.54, 1.807) is 18.3 Å². The van der Waals surface area contributed by atoms with Crippen LogP contribution < -0.4 is 9.47 Å². The predicted octanol–water partition coefficient (Wildman–Crippen LogP) is 8.46. The Morgan fingerprint density at radius 3 is 2.46 bits per heavy atom. The molecule has 6 nitrogen and oxygen atoms in total. The number of ether oxygens (including phenoxy) is 2. The summed E-state index contributed by atoms with van der Waals surface area (Å²) in [4.78, 5) is 21.9. The Morgan fingerprint density at radius 1 is 0.958 bits per heavy atom. The molecule has 0 spiro atoms. The van der Waals surface area contributed by atoms with E-state index in [9.17, 15) is 4.79 Å². The van der Waals surface area contributed by atoms with E-state index in [0.717, 1.165) is 36.3 Å². The quantitative estimate of drug-likeness (QED) is 0.161. The first-order valence-corrected chi connectivity index (χ1v) is 16.8. The number of amides is 1. The number of hydrogen-bond donors (Lipinski definition) is 0. The van der Waals surface area contributed by atoms with Crippen LogP contribution in [0.25, 0.3) is 11.6 Å². The van der Waals surface area contributed by atoms with Crippen molar-refractivity contribution in [1.82, 2.24) is 14.8 Å². The van der Waals surface area contributed by atoms with E-state index in [1.165, 1.54) is 27.8 Å². The lowest BCUT2D eigenvalue weighted by molar-refractivity contribution is -0.127. The van der Waals surface area contributed by atoms with Gasteiger partial charge in [-0.25, -0.2) is 4.98 Å². The molecule has 0 saturated carbocycles. The summed E-state index contributed by atoms with van der Waals surface area (Å²) in [5.74, 6) is 2.07. The summed E-state index contributed by atoms with van der Waals surface area (Å²) in [6.07, 6.45) is 11.9. The van der Waals surface area contributed by atoms with E-state index in [0.29, 0.717) is 48.0 Å². The van der Waals surface area contributed by atoms with Crippen molar-refractivity contribution in [2.75, 3.05) is 32.7 Å². The normalized spacial score (nSPS) is 17.4. The van der Waals surface area contributed by atoms with Crippen LogP contribution in [0.2, 0.25) is 5.02 Å². The topological polar surface area (TPSA) is 54.9 Å². The first-order chi connectivity index (χ1) is 23.4. The van der Waals surface area contributed by atoms with Crippen molar-refractivity contribution >= 4 is 29.2 Å². The maximum atomic E-state index is 13.1. The lowest BCUT2D eigenvalue weighted by Crippen LogP contribution is -2.50. The number of pyridine rings is 1. The highest BCUT2D eigenvalue weighted by molar-refractivity contribution is 6.32. The van der Waals surface area contributed by atoms with E-state index in [1.807, 2.05) is 36.1 Å². The number of halogens is 1. The molecule has 4 aromatic rings. The zero-order valence-corrected chi connectivity index (χ0v) is 28.0. The predicted molar refractivity (Wildman–Crippen MR) is 192 cm³/mol. The Balaban J connectivity index is 0.890. The third-order valence-electron chi connectivity index (χ3n) is 9.17. The van der Waals surface area contributed by atoms with Crippen LogP contribution in [-0.2, 0) is 11.4 Å². The first kappa shape index (κ1) is 31.7. The molecule has 1 fully saturated rings. The van der Waals surface area contributed by atoms with Gasteiger partial charge in [0.1, 0.15) is 12.4 Å². The molecule has 242 valence electrons. The molecular formula is C41H38ClN3O3. The Labute approximate surface area is 287 Å². The zero-order valence-electron chi connectivity index (χ0n) is 27.2. The summed E-state index contributed by atoms with van der Waals surface area (Å²) < 4.78 is 11.9. The second-order valence-electron chi connectivity index (χ2n) is 12.6. The molecule has 1 amide bonds. The fourth-order valence-corrected chi connectivity index (χ4v) is 6.70. The van der Waals surface area contributed by atoms with Crippen molar-refractivity contribution in [2.24, 2.45) is 5.92 Å². The molecule has 1 aromatic heterocycles. The lowest BCUT2D eigenvalue weighted by atomic mass is 9.70. The summed E-state index contributed by atoms with van der Waals surface area (Å²) in [5.41, 5.74) is 9.43. The SMILES string of the molecule is Cc1ccc(COc2ccc(Oc3c(C)cc(/C=C/C(=O)N4CCN(CC5c6ccc(-c7ccccc7)c5c6)CC4)cc3Cl)nc2)cc1. The molecule has 1 atom stereocenters. The highest BCUT2D eigenvalue weighted by Gasteiger charge is 2.34. The maximum absolute atomic E-state index is 13.1. The summed E-state index contributed by atoms with van der Waals surface area (Å²) in [6, 6.07) is 26.2. The molecule has 1 aliphatic heterocycles. The van der Waals surface area contributed by atoms with Crippen LogP contribution in [0.15, 0.2) is 121 Å². The molecule has 48 heavy (non-hydrogen) atoms. The van der Waals surface area contributed by atoms with Gasteiger partial charge in [-0.3, -0.25) is 9.69 Å². The van der Waals surface area contributed by atoms with Crippen LogP contribution in [0.3, 0.4) is 0 Å². The van der Waals surface area contributed by atoms with E-state index in [2.05, 4.69) is 89.6 Å². The summed E-state index contributed by atoms with van der Waals surface area (Å²) >= 11 is 6.64. The smallest absolute Gasteiger partial charge is 0.246 e. The number of rotatable bonds is 10. The number of benzene rings is 3. The second kappa shape index (κ2) is 14.1. The maximum Gasteiger partial charge on any atom is 0.246 e. The zero-order chi connectivity index (χ0) is 33.0. The summed E-state index contributed by atoms with van der Waals surface area (Å²) in [7, 11) is 0. The van der Waals surface area contributed by atoms with Gasteiger partial charge >= 0.3 is 0 Å². The monoisotopic (exact) mass is 655 g/mol. The van der Waals surface area contributed by atoms with Crippen LogP contribution in [-0.4, -0.2) is 53.4 Å². The van der Waals surface area contributed by atoms with Crippen molar-refractivity contribution < 1.29 is 14.3 Å². The van der Waals surface area contributed by atoms with Gasteiger partial charge in [-0.05, 0) is 77.1 Å². The van der Waals surface area contributed by atoms with Crippen molar-refractivity contribution in [3.63, 3.8) is 0 Å². The number of nitrogens with zero attached hydrogens (tertiary/aromatic N) is 3. The van der Waals surface area contributed by atoms with Crippen LogP contribution in [0.5, 0.6) is 17.4 Å². The van der Waals surface area contributed by atoms with Gasteiger partial charge in [0.2, 0.25) is 11.8 Å². The van der Waals surface area contributed by atoms with Crippen LogP contribution in [0.1, 0.15) is 27.8 Å². The average Bonchev–Trinajstić information content (AvgIpc) is 3.12. The molecule has 3 aliphatic rings. The van der Waals surface area contributed by atoms with Gasteiger partial charge in [0, 0.05) is 50.8 Å². The van der Waals surface area contributed by atoms with Gasteiger partial charge in [-0.2, -0.15) is 0 Å². The molecular weight excluding hydrogens is 618 g/mol. The van der Waals surface area contributed by atoms with Crippen LogP contribution in [0.4, 0.5) is 0 Å². The number of carbonyl (C=O) groups excluding carboxylic acids is 1. The number of aryl methyl sites for hydroxylation is 2. The lowest BCUT2D eigenvalue weighted by Gasteiger charge is -2.41. The minimum absolute atomic E-state index is 0.0119. The largest absolute Gasteiger partial charge is 0.487 e. The van der Waals surface area contributed by atoms with Crippen molar-refractivity contribution in [3.05, 3.63) is 153 Å². The molecule has 2 bridgehead atoms. The minimum Gasteiger partial charge on any atom is -0.487 e. The molecule has 1 unspecified atom stereocenters. The Hall–Kier alpha value is -4.91. The standard InChI is InChI=1S/C41H38ClN3O3/c1-28-8-10-30(11-9-28)27-47-34-14-16-39(43-25-34)48-41-29(2)22-31(23-38(41)42)12-17-40(46)45-20-18-44(19-21-45)26-37-33-13-15-35(36(37)24-33)32-6-4-3-5-7-32/h3-17,22-25,37H,18-21,26-27H2,1-2H3/b17-12+. The van der Waals surface area contributed by atoms with E-state index in [4.69, 9.17) is 21.1 Å². The summed E-state index contributed by atoms with van der Waals surface area (Å²) in [5, 5.41) is 0.452. The third kappa shape index (κ3) is 7.15. The van der Waals surface area contributed by atoms with Gasteiger partial charge < -0.3 is 14.4 Å². The molecule has 3 aromatic carbocycles. The van der Waals surface area contributed by atoms with Crippen molar-refractivity contribution in [3.8, 4) is 17.4 Å². The average molecular weight is 656 g/mol. The van der Waals surface area contributed by atoms with Crippen LogP contribution in [0, 0.1) is 19.8 Å². The molecule has 1 saturated heterocycles. The number of piperazine rings is 1. The number of allylic oxidation sites excluding steroid dienone is 4. The number of hydrogen-bond acceptors (Lipinski definition) is 5. The Bertz CT molecular complexity index is 1890. The Kier molecular flexibility index (Phi) is 9.28. The fourth-order valence-electron chi connectivity index (χ4n) is 6.39. The van der Waals surface area contributed by atoms with Gasteiger partial charge in [0.05, 0.1) is 11.2 Å². The van der Waals surface area contributed by atoms with Gasteiger partial charge in [0.25, 0.3) is 0 Å². The molecule has 0 N–H and O–H groups in total. The Morgan fingerprint density at radius 2 is 1.75 bits per heavy atom. The molecule has 2 heterocycles.